The summed E-state index contributed by atoms with van der Waals surface area (Å²) in [5.74, 6) is 0.0979. The van der Waals surface area contributed by atoms with Gasteiger partial charge in [-0.3, -0.25) is 9.36 Å². The minimum atomic E-state index is -0.675. The summed E-state index contributed by atoms with van der Waals surface area (Å²) >= 11 is 7.24. The number of carbonyl (C=O) groups is 1. The Labute approximate surface area is 187 Å². The molecule has 0 saturated carbocycles. The molecule has 1 aliphatic rings. The van der Waals surface area contributed by atoms with Crippen molar-refractivity contribution in [1.29, 1.82) is 0 Å². The van der Waals surface area contributed by atoms with Crippen molar-refractivity contribution in [2.24, 2.45) is 4.99 Å². The van der Waals surface area contributed by atoms with E-state index < -0.39 is 12.0 Å². The molecule has 2 heterocycles. The van der Waals surface area contributed by atoms with Crippen LogP contribution in [0.15, 0.2) is 69.6 Å². The maximum atomic E-state index is 13.4. The molecular formula is C23H19ClN2O4S. The molecule has 158 valence electrons. The molecule has 6 nitrogen and oxygen atoms in total. The Morgan fingerprint density at radius 3 is 2.61 bits per heavy atom. The van der Waals surface area contributed by atoms with Crippen LogP contribution in [0.5, 0.6) is 5.75 Å². The van der Waals surface area contributed by atoms with Crippen LogP contribution in [0.1, 0.15) is 24.1 Å². The molecule has 1 atom stereocenters. The largest absolute Gasteiger partial charge is 0.497 e. The molecule has 0 N–H and O–H groups in total. The van der Waals surface area contributed by atoms with Crippen molar-refractivity contribution in [2.75, 3.05) is 14.2 Å². The third-order valence-corrected chi connectivity index (χ3v) is 6.24. The van der Waals surface area contributed by atoms with Gasteiger partial charge in [-0.2, -0.15) is 0 Å². The minimum Gasteiger partial charge on any atom is -0.497 e. The number of methoxy groups -OCH3 is 2. The molecular weight excluding hydrogens is 436 g/mol. The standard InChI is InChI=1S/C23H19ClN2O4S/c1-13-19(22(28)30-3)20(15-5-4-6-17(12-15)29-2)26-21(27)18(31-23(26)25-13)11-14-7-9-16(24)10-8-14/h4-12,20H,1-3H3/b18-11+. The van der Waals surface area contributed by atoms with Gasteiger partial charge in [0.25, 0.3) is 5.56 Å². The molecule has 0 aliphatic carbocycles. The minimum absolute atomic E-state index is 0.236. The fourth-order valence-corrected chi connectivity index (χ4v) is 4.70. The van der Waals surface area contributed by atoms with Gasteiger partial charge >= 0.3 is 5.97 Å². The molecule has 0 fully saturated rings. The van der Waals surface area contributed by atoms with Crippen molar-refractivity contribution < 1.29 is 14.3 Å². The molecule has 2 aromatic carbocycles. The zero-order chi connectivity index (χ0) is 22.1. The second-order valence-electron chi connectivity index (χ2n) is 6.90. The number of carbonyl (C=O) groups excluding carboxylic acids is 1. The normalized spacial score (nSPS) is 16.0. The van der Waals surface area contributed by atoms with Crippen molar-refractivity contribution in [3.05, 3.63) is 95.6 Å². The average molecular weight is 455 g/mol. The maximum Gasteiger partial charge on any atom is 0.338 e. The molecule has 1 unspecified atom stereocenters. The first-order valence-corrected chi connectivity index (χ1v) is 10.6. The Morgan fingerprint density at radius 2 is 1.94 bits per heavy atom. The molecule has 0 radical (unpaired) electrons. The van der Waals surface area contributed by atoms with E-state index in [0.717, 1.165) is 11.1 Å². The lowest BCUT2D eigenvalue weighted by molar-refractivity contribution is -0.136. The summed E-state index contributed by atoms with van der Waals surface area (Å²) in [5.41, 5.74) is 2.17. The number of hydrogen-bond acceptors (Lipinski definition) is 6. The number of aromatic nitrogens is 1. The number of esters is 1. The number of hydrogen-bond donors (Lipinski definition) is 0. The van der Waals surface area contributed by atoms with Crippen molar-refractivity contribution >= 4 is 35.0 Å². The van der Waals surface area contributed by atoms with E-state index in [9.17, 15) is 9.59 Å². The number of halogens is 1. The molecule has 31 heavy (non-hydrogen) atoms. The Morgan fingerprint density at radius 1 is 1.19 bits per heavy atom. The molecule has 1 aliphatic heterocycles. The van der Waals surface area contributed by atoms with Crippen LogP contribution in [0.4, 0.5) is 0 Å². The van der Waals surface area contributed by atoms with E-state index in [1.54, 1.807) is 36.8 Å². The fraction of sp³-hybridized carbons (Fsp3) is 0.174. The Kier molecular flexibility index (Phi) is 5.80. The number of rotatable bonds is 4. The zero-order valence-electron chi connectivity index (χ0n) is 17.1. The summed E-state index contributed by atoms with van der Waals surface area (Å²) in [4.78, 5) is 31.2. The summed E-state index contributed by atoms with van der Waals surface area (Å²) in [6, 6.07) is 13.8. The van der Waals surface area contributed by atoms with Crippen LogP contribution in [0.2, 0.25) is 5.02 Å². The summed E-state index contributed by atoms with van der Waals surface area (Å²) in [6.45, 7) is 1.75. The fourth-order valence-electron chi connectivity index (χ4n) is 3.53. The van der Waals surface area contributed by atoms with Crippen molar-refractivity contribution in [2.45, 2.75) is 13.0 Å². The predicted octanol–water partition coefficient (Wildman–Crippen LogP) is 3.07. The van der Waals surface area contributed by atoms with E-state index in [2.05, 4.69) is 4.99 Å². The summed E-state index contributed by atoms with van der Waals surface area (Å²) in [7, 11) is 2.88. The number of fused-ring (bicyclic) bond motifs is 1. The number of allylic oxidation sites excluding steroid dienone is 1. The zero-order valence-corrected chi connectivity index (χ0v) is 18.7. The van der Waals surface area contributed by atoms with Gasteiger partial charge in [0.05, 0.1) is 36.1 Å². The SMILES string of the molecule is COC(=O)C1=C(C)N=c2s/c(=C/c3ccc(Cl)cc3)c(=O)n2C1c1cccc(OC)c1. The highest BCUT2D eigenvalue weighted by atomic mass is 35.5. The van der Waals surface area contributed by atoms with E-state index in [-0.39, 0.29) is 5.56 Å². The first-order valence-electron chi connectivity index (χ1n) is 9.43. The number of ether oxygens (including phenoxy) is 2. The number of thiazole rings is 1. The average Bonchev–Trinajstić information content (AvgIpc) is 3.08. The van der Waals surface area contributed by atoms with Gasteiger partial charge < -0.3 is 9.47 Å². The molecule has 0 bridgehead atoms. The van der Waals surface area contributed by atoms with Crippen molar-refractivity contribution in [3.63, 3.8) is 0 Å². The van der Waals surface area contributed by atoms with Crippen LogP contribution in [0.25, 0.3) is 6.08 Å². The maximum absolute atomic E-state index is 13.4. The van der Waals surface area contributed by atoms with Crippen LogP contribution < -0.4 is 19.6 Å². The predicted molar refractivity (Wildman–Crippen MR) is 120 cm³/mol. The van der Waals surface area contributed by atoms with Gasteiger partial charge in [-0.1, -0.05) is 47.2 Å². The third kappa shape index (κ3) is 3.94. The van der Waals surface area contributed by atoms with Crippen molar-refractivity contribution in [1.82, 2.24) is 4.57 Å². The van der Waals surface area contributed by atoms with Gasteiger partial charge in [0.2, 0.25) is 0 Å². The van der Waals surface area contributed by atoms with Crippen LogP contribution in [-0.2, 0) is 9.53 Å². The lowest BCUT2D eigenvalue weighted by atomic mass is 9.96. The molecule has 0 amide bonds. The highest BCUT2D eigenvalue weighted by Gasteiger charge is 2.33. The lowest BCUT2D eigenvalue weighted by Gasteiger charge is -2.24. The smallest absolute Gasteiger partial charge is 0.338 e. The Bertz CT molecular complexity index is 1370. The first-order chi connectivity index (χ1) is 14.9. The quantitative estimate of drug-likeness (QED) is 0.568. The molecule has 0 saturated heterocycles. The lowest BCUT2D eigenvalue weighted by Crippen LogP contribution is -2.39. The highest BCUT2D eigenvalue weighted by Crippen LogP contribution is 2.32. The van der Waals surface area contributed by atoms with E-state index in [4.69, 9.17) is 21.1 Å². The second-order valence-corrected chi connectivity index (χ2v) is 8.35. The molecule has 4 rings (SSSR count). The molecule has 1 aromatic heterocycles. The monoisotopic (exact) mass is 454 g/mol. The van der Waals surface area contributed by atoms with Gasteiger partial charge in [-0.25, -0.2) is 9.79 Å². The van der Waals surface area contributed by atoms with Crippen molar-refractivity contribution in [3.8, 4) is 5.75 Å². The van der Waals surface area contributed by atoms with E-state index in [1.807, 2.05) is 36.4 Å². The van der Waals surface area contributed by atoms with Gasteiger partial charge in [-0.15, -0.1) is 0 Å². The van der Waals surface area contributed by atoms with E-state index in [0.29, 0.717) is 31.4 Å². The Hall–Kier alpha value is -3.16. The summed E-state index contributed by atoms with van der Waals surface area (Å²) in [5, 5.41) is 0.620. The third-order valence-electron chi connectivity index (χ3n) is 5.00. The van der Waals surface area contributed by atoms with E-state index >= 15 is 0 Å². The van der Waals surface area contributed by atoms with Gasteiger partial charge in [0, 0.05) is 5.02 Å². The summed E-state index contributed by atoms with van der Waals surface area (Å²) < 4.78 is 12.4. The molecule has 0 spiro atoms. The molecule has 3 aromatic rings. The van der Waals surface area contributed by atoms with Crippen LogP contribution in [0.3, 0.4) is 0 Å². The van der Waals surface area contributed by atoms with Crippen LogP contribution in [-0.4, -0.2) is 24.8 Å². The highest BCUT2D eigenvalue weighted by molar-refractivity contribution is 7.07. The number of nitrogens with zero attached hydrogens (tertiary/aromatic N) is 2. The summed E-state index contributed by atoms with van der Waals surface area (Å²) in [6.07, 6.45) is 1.79. The van der Waals surface area contributed by atoms with E-state index in [1.165, 1.54) is 18.4 Å². The topological polar surface area (TPSA) is 69.9 Å². The van der Waals surface area contributed by atoms with Gasteiger partial charge in [-0.05, 0) is 48.4 Å². The second kappa shape index (κ2) is 8.53. The van der Waals surface area contributed by atoms with Gasteiger partial charge in [0.1, 0.15) is 5.75 Å². The van der Waals surface area contributed by atoms with Gasteiger partial charge in [0.15, 0.2) is 4.80 Å². The molecule has 8 heteroatoms. The first kappa shape index (κ1) is 21.1. The van der Waals surface area contributed by atoms with Crippen LogP contribution in [0, 0.1) is 0 Å². The Balaban J connectivity index is 1.97. The number of benzene rings is 2. The van der Waals surface area contributed by atoms with Crippen LogP contribution >= 0.6 is 22.9 Å².